The first kappa shape index (κ1) is 16.0. The summed E-state index contributed by atoms with van der Waals surface area (Å²) >= 11 is 0. The first-order chi connectivity index (χ1) is 9.04. The van der Waals surface area contributed by atoms with Gasteiger partial charge in [0.05, 0.1) is 0 Å². The molecule has 108 valence electrons. The molecule has 1 aromatic rings. The second-order valence-corrected chi connectivity index (χ2v) is 6.25. The van der Waals surface area contributed by atoms with Gasteiger partial charge in [-0.2, -0.15) is 0 Å². The first-order valence-corrected chi connectivity index (χ1v) is 7.49. The molecule has 0 aliphatic heterocycles. The van der Waals surface area contributed by atoms with Gasteiger partial charge < -0.3 is 10.4 Å². The molecule has 0 spiro atoms. The zero-order chi connectivity index (χ0) is 14.1. The smallest absolute Gasteiger partial charge is 0.0431 e. The van der Waals surface area contributed by atoms with Crippen LogP contribution < -0.4 is 5.32 Å². The van der Waals surface area contributed by atoms with E-state index in [9.17, 15) is 0 Å². The summed E-state index contributed by atoms with van der Waals surface area (Å²) in [5, 5.41) is 12.2. The van der Waals surface area contributed by atoms with Gasteiger partial charge in [-0.1, -0.05) is 52.2 Å². The van der Waals surface area contributed by atoms with E-state index in [1.165, 1.54) is 30.5 Å². The molecule has 0 aliphatic carbocycles. The highest BCUT2D eigenvalue weighted by atomic mass is 16.2. The number of nitrogens with one attached hydrogen (secondary N) is 1. The minimum Gasteiger partial charge on any atom is -0.396 e. The van der Waals surface area contributed by atoms with Gasteiger partial charge in [-0.3, -0.25) is 0 Å². The summed E-state index contributed by atoms with van der Waals surface area (Å²) in [4.78, 5) is 0. The summed E-state index contributed by atoms with van der Waals surface area (Å²) in [6, 6.07) is 8.72. The fourth-order valence-corrected chi connectivity index (χ4v) is 2.10. The molecule has 0 atom stereocenters. The summed E-state index contributed by atoms with van der Waals surface area (Å²) in [5.41, 5.74) is 2.81. The number of hydrogen-bond acceptors (Lipinski definition) is 2. The topological polar surface area (TPSA) is 32.3 Å². The average Bonchev–Trinajstić information content (AvgIpc) is 2.37. The first-order valence-electron chi connectivity index (χ1n) is 7.49. The Labute approximate surface area is 118 Å². The molecule has 0 amide bonds. The lowest BCUT2D eigenvalue weighted by molar-refractivity contribution is 0.282. The maximum Gasteiger partial charge on any atom is 0.0431 e. The highest BCUT2D eigenvalue weighted by Crippen LogP contribution is 2.24. The minimum absolute atomic E-state index is 0.210. The maximum absolute atomic E-state index is 8.70. The number of anilines is 1. The van der Waals surface area contributed by atoms with E-state index >= 15 is 0 Å². The quantitative estimate of drug-likeness (QED) is 0.684. The highest BCUT2D eigenvalue weighted by molar-refractivity contribution is 5.47. The number of aliphatic hydroxyl groups is 1. The third-order valence-electron chi connectivity index (χ3n) is 3.39. The largest absolute Gasteiger partial charge is 0.396 e. The van der Waals surface area contributed by atoms with Gasteiger partial charge in [0.25, 0.3) is 0 Å². The van der Waals surface area contributed by atoms with Crippen LogP contribution in [0.5, 0.6) is 0 Å². The van der Waals surface area contributed by atoms with Crippen molar-refractivity contribution >= 4 is 5.69 Å². The molecule has 0 aliphatic rings. The Bertz CT molecular complexity index is 355. The van der Waals surface area contributed by atoms with E-state index in [4.69, 9.17) is 5.11 Å². The van der Waals surface area contributed by atoms with Crippen LogP contribution in [0.4, 0.5) is 5.69 Å². The van der Waals surface area contributed by atoms with Gasteiger partial charge in [0.15, 0.2) is 0 Å². The molecular formula is C17H29NO. The zero-order valence-corrected chi connectivity index (χ0v) is 12.7. The van der Waals surface area contributed by atoms with E-state index in [0.717, 1.165) is 19.4 Å². The third kappa shape index (κ3) is 6.63. The van der Waals surface area contributed by atoms with Crippen molar-refractivity contribution in [3.63, 3.8) is 0 Å². The van der Waals surface area contributed by atoms with Gasteiger partial charge in [-0.25, -0.2) is 0 Å². The summed E-state index contributed by atoms with van der Waals surface area (Å²) in [6.07, 6.45) is 5.76. The highest BCUT2D eigenvalue weighted by Gasteiger charge is 2.13. The Hall–Kier alpha value is -1.02. The molecule has 0 saturated heterocycles. The molecule has 2 heteroatoms. The third-order valence-corrected chi connectivity index (χ3v) is 3.39. The molecule has 19 heavy (non-hydrogen) atoms. The minimum atomic E-state index is 0.210. The summed E-state index contributed by atoms with van der Waals surface area (Å²) in [7, 11) is 0. The summed E-state index contributed by atoms with van der Waals surface area (Å²) in [5.74, 6) is 0. The van der Waals surface area contributed by atoms with E-state index in [2.05, 4.69) is 50.4 Å². The van der Waals surface area contributed by atoms with Gasteiger partial charge in [0.1, 0.15) is 0 Å². The van der Waals surface area contributed by atoms with E-state index in [0.29, 0.717) is 6.61 Å². The van der Waals surface area contributed by atoms with Crippen LogP contribution in [0, 0.1) is 0 Å². The standard InChI is InChI=1S/C17H29NO/c1-17(2,3)15-10-9-11-16(14-15)18-12-7-5-4-6-8-13-19/h9-11,14,18-19H,4-8,12-13H2,1-3H3. The second kappa shape index (κ2) is 8.21. The number of aliphatic hydroxyl groups excluding tert-OH is 1. The van der Waals surface area contributed by atoms with Crippen LogP contribution in [0.15, 0.2) is 24.3 Å². The SMILES string of the molecule is CC(C)(C)c1cccc(NCCCCCCCO)c1. The molecule has 2 N–H and O–H groups in total. The summed E-state index contributed by atoms with van der Waals surface area (Å²) < 4.78 is 0. The Morgan fingerprint density at radius 1 is 1.00 bits per heavy atom. The molecule has 0 aromatic heterocycles. The van der Waals surface area contributed by atoms with Crippen molar-refractivity contribution < 1.29 is 5.11 Å². The van der Waals surface area contributed by atoms with Crippen molar-refractivity contribution in [3.05, 3.63) is 29.8 Å². The lowest BCUT2D eigenvalue weighted by Crippen LogP contribution is -2.11. The number of hydrogen-bond donors (Lipinski definition) is 2. The van der Waals surface area contributed by atoms with Gasteiger partial charge in [0.2, 0.25) is 0 Å². The number of unbranched alkanes of at least 4 members (excludes halogenated alkanes) is 4. The van der Waals surface area contributed by atoms with Crippen molar-refractivity contribution in [2.75, 3.05) is 18.5 Å². The normalized spacial score (nSPS) is 11.6. The molecule has 0 saturated carbocycles. The van der Waals surface area contributed by atoms with Gasteiger partial charge in [-0.05, 0) is 36.0 Å². The van der Waals surface area contributed by atoms with E-state index in [1.54, 1.807) is 0 Å². The Morgan fingerprint density at radius 3 is 2.37 bits per heavy atom. The van der Waals surface area contributed by atoms with Crippen molar-refractivity contribution in [1.82, 2.24) is 0 Å². The van der Waals surface area contributed by atoms with E-state index in [1.807, 2.05) is 0 Å². The zero-order valence-electron chi connectivity index (χ0n) is 12.7. The van der Waals surface area contributed by atoms with Crippen molar-refractivity contribution in [3.8, 4) is 0 Å². The lowest BCUT2D eigenvalue weighted by Gasteiger charge is -2.20. The van der Waals surface area contributed by atoms with Gasteiger partial charge >= 0.3 is 0 Å². The molecular weight excluding hydrogens is 234 g/mol. The van der Waals surface area contributed by atoms with Crippen LogP contribution in [0.3, 0.4) is 0 Å². The van der Waals surface area contributed by atoms with Crippen LogP contribution in [0.1, 0.15) is 58.4 Å². The van der Waals surface area contributed by atoms with Crippen LogP contribution in [-0.2, 0) is 5.41 Å². The maximum atomic E-state index is 8.70. The lowest BCUT2D eigenvalue weighted by atomic mass is 9.87. The molecule has 0 radical (unpaired) electrons. The molecule has 1 aromatic carbocycles. The Kier molecular flexibility index (Phi) is 6.93. The van der Waals surface area contributed by atoms with E-state index < -0.39 is 0 Å². The number of benzene rings is 1. The van der Waals surface area contributed by atoms with Crippen LogP contribution in [0.25, 0.3) is 0 Å². The number of rotatable bonds is 8. The van der Waals surface area contributed by atoms with E-state index in [-0.39, 0.29) is 5.41 Å². The average molecular weight is 263 g/mol. The Balaban J connectivity index is 2.26. The molecule has 0 fully saturated rings. The van der Waals surface area contributed by atoms with Crippen LogP contribution in [0.2, 0.25) is 0 Å². The molecule has 2 nitrogen and oxygen atoms in total. The van der Waals surface area contributed by atoms with Crippen LogP contribution in [-0.4, -0.2) is 18.3 Å². The van der Waals surface area contributed by atoms with Crippen molar-refractivity contribution in [1.29, 1.82) is 0 Å². The Morgan fingerprint density at radius 2 is 1.68 bits per heavy atom. The fourth-order valence-electron chi connectivity index (χ4n) is 2.10. The fraction of sp³-hybridized carbons (Fsp3) is 0.647. The molecule has 0 heterocycles. The second-order valence-electron chi connectivity index (χ2n) is 6.25. The predicted octanol–water partition coefficient (Wildman–Crippen LogP) is 4.34. The van der Waals surface area contributed by atoms with Gasteiger partial charge in [-0.15, -0.1) is 0 Å². The van der Waals surface area contributed by atoms with Crippen LogP contribution >= 0.6 is 0 Å². The predicted molar refractivity (Wildman–Crippen MR) is 83.8 cm³/mol. The molecule has 0 unspecified atom stereocenters. The van der Waals surface area contributed by atoms with Crippen molar-refractivity contribution in [2.45, 2.75) is 58.3 Å². The van der Waals surface area contributed by atoms with Gasteiger partial charge in [0, 0.05) is 18.8 Å². The van der Waals surface area contributed by atoms with Crippen molar-refractivity contribution in [2.24, 2.45) is 0 Å². The summed E-state index contributed by atoms with van der Waals surface area (Å²) in [6.45, 7) is 8.10. The molecule has 0 bridgehead atoms. The molecule has 1 rings (SSSR count). The monoisotopic (exact) mass is 263 g/mol.